The summed E-state index contributed by atoms with van der Waals surface area (Å²) in [4.78, 5) is 11.6. The van der Waals surface area contributed by atoms with E-state index < -0.39 is 6.10 Å². The lowest BCUT2D eigenvalue weighted by atomic mass is 10.0. The number of carbonyl (C=O) groups is 1. The van der Waals surface area contributed by atoms with Crippen LogP contribution in [0.15, 0.2) is 24.3 Å². The van der Waals surface area contributed by atoms with E-state index >= 15 is 0 Å². The van der Waals surface area contributed by atoms with Crippen LogP contribution >= 0.6 is 0 Å². The molecule has 0 aliphatic rings. The van der Waals surface area contributed by atoms with Crippen molar-refractivity contribution in [1.82, 2.24) is 0 Å². The second kappa shape index (κ2) is 5.63. The number of hydrogen-bond acceptors (Lipinski definition) is 3. The highest BCUT2D eigenvalue weighted by Crippen LogP contribution is 2.07. The lowest BCUT2D eigenvalue weighted by molar-refractivity contribution is 0.0535. The first kappa shape index (κ1) is 11.9. The Morgan fingerprint density at radius 1 is 1.40 bits per heavy atom. The highest BCUT2D eigenvalue weighted by molar-refractivity contribution is 5.96. The molecule has 0 saturated carbocycles. The Kier molecular flexibility index (Phi) is 4.46. The van der Waals surface area contributed by atoms with Crippen LogP contribution in [-0.4, -0.2) is 30.7 Å². The number of aryl methyl sites for hydroxylation is 1. The fourth-order valence-electron chi connectivity index (χ4n) is 1.32. The van der Waals surface area contributed by atoms with Crippen LogP contribution in [0.2, 0.25) is 0 Å². The first-order valence-electron chi connectivity index (χ1n) is 4.90. The van der Waals surface area contributed by atoms with E-state index in [2.05, 4.69) is 0 Å². The van der Waals surface area contributed by atoms with Crippen molar-refractivity contribution >= 4 is 5.78 Å². The van der Waals surface area contributed by atoms with Crippen molar-refractivity contribution < 1.29 is 14.6 Å². The summed E-state index contributed by atoms with van der Waals surface area (Å²) in [6, 6.07) is 7.32. The first-order valence-corrected chi connectivity index (χ1v) is 4.90. The number of methoxy groups -OCH3 is 1. The van der Waals surface area contributed by atoms with Gasteiger partial charge in [-0.25, -0.2) is 0 Å². The molecule has 0 spiro atoms. The minimum absolute atomic E-state index is 0.0560. The van der Waals surface area contributed by atoms with Gasteiger partial charge in [0.25, 0.3) is 0 Å². The molecule has 1 rings (SSSR count). The highest BCUT2D eigenvalue weighted by Gasteiger charge is 2.12. The standard InChI is InChI=1S/C12H16O3/c1-9-3-5-10(6-4-9)12(14)7-11(13)8-15-2/h3-6,11,13H,7-8H2,1-2H3. The summed E-state index contributed by atoms with van der Waals surface area (Å²) >= 11 is 0. The molecule has 0 amide bonds. The predicted molar refractivity (Wildman–Crippen MR) is 58.0 cm³/mol. The van der Waals surface area contributed by atoms with Gasteiger partial charge in [0.2, 0.25) is 0 Å². The van der Waals surface area contributed by atoms with E-state index in [4.69, 9.17) is 4.74 Å². The summed E-state index contributed by atoms with van der Waals surface area (Å²) in [6.45, 7) is 2.16. The summed E-state index contributed by atoms with van der Waals surface area (Å²) in [5.41, 5.74) is 1.75. The van der Waals surface area contributed by atoms with Crippen molar-refractivity contribution in [2.45, 2.75) is 19.4 Å². The molecule has 0 radical (unpaired) electrons. The molecule has 0 fully saturated rings. The van der Waals surface area contributed by atoms with Gasteiger partial charge in [-0.2, -0.15) is 0 Å². The zero-order valence-corrected chi connectivity index (χ0v) is 9.06. The first-order chi connectivity index (χ1) is 7.13. The fourth-order valence-corrected chi connectivity index (χ4v) is 1.32. The second-order valence-corrected chi connectivity index (χ2v) is 3.60. The van der Waals surface area contributed by atoms with Gasteiger partial charge in [-0.05, 0) is 6.92 Å². The molecular formula is C12H16O3. The molecule has 1 aromatic rings. The van der Waals surface area contributed by atoms with Gasteiger partial charge in [-0.15, -0.1) is 0 Å². The highest BCUT2D eigenvalue weighted by atomic mass is 16.5. The van der Waals surface area contributed by atoms with Crippen molar-refractivity contribution in [2.75, 3.05) is 13.7 Å². The van der Waals surface area contributed by atoms with E-state index in [1.165, 1.54) is 7.11 Å². The average Bonchev–Trinajstić information content (AvgIpc) is 2.18. The zero-order valence-electron chi connectivity index (χ0n) is 9.06. The number of rotatable bonds is 5. The monoisotopic (exact) mass is 208 g/mol. The van der Waals surface area contributed by atoms with E-state index in [1.54, 1.807) is 12.1 Å². The third kappa shape index (κ3) is 3.81. The number of Topliss-reactive ketones (excluding diaryl/α,β-unsaturated/α-hetero) is 1. The van der Waals surface area contributed by atoms with E-state index in [1.807, 2.05) is 19.1 Å². The van der Waals surface area contributed by atoms with E-state index in [0.717, 1.165) is 5.56 Å². The van der Waals surface area contributed by atoms with Crippen LogP contribution in [0.3, 0.4) is 0 Å². The molecule has 15 heavy (non-hydrogen) atoms. The Bertz CT molecular complexity index is 316. The number of ether oxygens (including phenoxy) is 1. The topological polar surface area (TPSA) is 46.5 Å². The maximum absolute atomic E-state index is 11.6. The number of carbonyl (C=O) groups excluding carboxylic acids is 1. The molecule has 0 aliphatic heterocycles. The Morgan fingerprint density at radius 2 is 2.00 bits per heavy atom. The van der Waals surface area contributed by atoms with Crippen LogP contribution in [-0.2, 0) is 4.74 Å². The largest absolute Gasteiger partial charge is 0.390 e. The molecule has 0 bridgehead atoms. The third-order valence-corrected chi connectivity index (χ3v) is 2.15. The van der Waals surface area contributed by atoms with Gasteiger partial charge in [-0.1, -0.05) is 29.8 Å². The summed E-state index contributed by atoms with van der Waals surface area (Å²) < 4.78 is 4.76. The lowest BCUT2D eigenvalue weighted by Crippen LogP contribution is -2.18. The predicted octanol–water partition coefficient (Wildman–Crippen LogP) is 1.58. The Labute approximate surface area is 89.7 Å². The lowest BCUT2D eigenvalue weighted by Gasteiger charge is -2.08. The van der Waals surface area contributed by atoms with Crippen LogP contribution in [0.25, 0.3) is 0 Å². The molecule has 1 unspecified atom stereocenters. The van der Waals surface area contributed by atoms with Crippen molar-refractivity contribution in [3.63, 3.8) is 0 Å². The van der Waals surface area contributed by atoms with Gasteiger partial charge in [0.05, 0.1) is 12.7 Å². The van der Waals surface area contributed by atoms with E-state index in [0.29, 0.717) is 5.56 Å². The average molecular weight is 208 g/mol. The number of ketones is 1. The number of hydrogen-bond donors (Lipinski definition) is 1. The third-order valence-electron chi connectivity index (χ3n) is 2.15. The molecule has 3 heteroatoms. The smallest absolute Gasteiger partial charge is 0.165 e. The molecule has 0 aliphatic carbocycles. The normalized spacial score (nSPS) is 12.5. The molecule has 0 aromatic heterocycles. The fraction of sp³-hybridized carbons (Fsp3) is 0.417. The van der Waals surface area contributed by atoms with Gasteiger partial charge >= 0.3 is 0 Å². The summed E-state index contributed by atoms with van der Waals surface area (Å²) in [7, 11) is 1.50. The Balaban J connectivity index is 2.57. The van der Waals surface area contributed by atoms with Gasteiger partial charge in [0, 0.05) is 19.1 Å². The molecule has 1 N–H and O–H groups in total. The van der Waals surface area contributed by atoms with E-state index in [9.17, 15) is 9.90 Å². The van der Waals surface area contributed by atoms with Crippen LogP contribution in [0.1, 0.15) is 22.3 Å². The number of aliphatic hydroxyl groups is 1. The van der Waals surface area contributed by atoms with Crippen molar-refractivity contribution in [3.8, 4) is 0 Å². The van der Waals surface area contributed by atoms with Crippen LogP contribution in [0, 0.1) is 6.92 Å². The van der Waals surface area contributed by atoms with Crippen LogP contribution < -0.4 is 0 Å². The zero-order chi connectivity index (χ0) is 11.3. The maximum Gasteiger partial charge on any atom is 0.165 e. The van der Waals surface area contributed by atoms with Gasteiger partial charge in [0.15, 0.2) is 5.78 Å². The Morgan fingerprint density at radius 3 is 2.53 bits per heavy atom. The Hall–Kier alpha value is -1.19. The molecule has 0 saturated heterocycles. The summed E-state index contributed by atoms with van der Waals surface area (Å²) in [5.74, 6) is -0.0560. The summed E-state index contributed by atoms with van der Waals surface area (Å²) in [5, 5.41) is 9.39. The molecule has 0 heterocycles. The van der Waals surface area contributed by atoms with Gasteiger partial charge < -0.3 is 9.84 Å². The van der Waals surface area contributed by atoms with Crippen molar-refractivity contribution in [1.29, 1.82) is 0 Å². The molecule has 1 aromatic carbocycles. The van der Waals surface area contributed by atoms with Crippen molar-refractivity contribution in [3.05, 3.63) is 35.4 Å². The minimum Gasteiger partial charge on any atom is -0.390 e. The quantitative estimate of drug-likeness (QED) is 0.747. The number of aliphatic hydroxyl groups excluding tert-OH is 1. The van der Waals surface area contributed by atoms with Crippen LogP contribution in [0.5, 0.6) is 0 Å². The molecule has 3 nitrogen and oxygen atoms in total. The minimum atomic E-state index is -0.719. The number of benzene rings is 1. The van der Waals surface area contributed by atoms with Crippen LogP contribution in [0.4, 0.5) is 0 Å². The van der Waals surface area contributed by atoms with Crippen molar-refractivity contribution in [2.24, 2.45) is 0 Å². The maximum atomic E-state index is 11.6. The van der Waals surface area contributed by atoms with E-state index in [-0.39, 0.29) is 18.8 Å². The molecule has 82 valence electrons. The van der Waals surface area contributed by atoms with Gasteiger partial charge in [0.1, 0.15) is 0 Å². The summed E-state index contributed by atoms with van der Waals surface area (Å²) in [6.07, 6.45) is -0.611. The second-order valence-electron chi connectivity index (χ2n) is 3.60. The molecule has 1 atom stereocenters. The van der Waals surface area contributed by atoms with Gasteiger partial charge in [-0.3, -0.25) is 4.79 Å². The SMILES string of the molecule is COCC(O)CC(=O)c1ccc(C)cc1. The molecular weight excluding hydrogens is 192 g/mol.